The van der Waals surface area contributed by atoms with Crippen LogP contribution in [0.15, 0.2) is 22.7 Å². The van der Waals surface area contributed by atoms with Gasteiger partial charge in [0.1, 0.15) is 5.60 Å². The van der Waals surface area contributed by atoms with Crippen LogP contribution in [0.25, 0.3) is 0 Å². The molecule has 2 heterocycles. The zero-order chi connectivity index (χ0) is 20.2. The molecule has 0 aromatic heterocycles. The number of fused-ring (bicyclic) bond motifs is 2. The van der Waals surface area contributed by atoms with Crippen molar-refractivity contribution in [3.63, 3.8) is 0 Å². The first-order valence-electron chi connectivity index (χ1n) is 9.83. The second-order valence-corrected chi connectivity index (χ2v) is 9.79. The molecule has 4 rings (SSSR count). The molecule has 1 saturated heterocycles. The van der Waals surface area contributed by atoms with Gasteiger partial charge in [0.2, 0.25) is 0 Å². The lowest BCUT2D eigenvalue weighted by Crippen LogP contribution is -2.62. The van der Waals surface area contributed by atoms with E-state index >= 15 is 0 Å². The number of carbonyl (C=O) groups is 1. The number of likely N-dealkylation sites (N-methyl/N-ethyl adjacent to an activating group) is 1. The van der Waals surface area contributed by atoms with E-state index in [2.05, 4.69) is 22.0 Å². The van der Waals surface area contributed by atoms with Crippen molar-refractivity contribution in [3.05, 3.63) is 28.2 Å². The Kier molecular flexibility index (Phi) is 4.81. The molecule has 3 aliphatic rings. The van der Waals surface area contributed by atoms with Crippen LogP contribution < -0.4 is 4.90 Å². The highest BCUT2D eigenvalue weighted by molar-refractivity contribution is 9.10. The summed E-state index contributed by atoms with van der Waals surface area (Å²) in [6, 6.07) is 6.15. The molecule has 1 aromatic rings. The molecule has 1 atom stereocenters. The van der Waals surface area contributed by atoms with Crippen LogP contribution in [-0.4, -0.2) is 49.0 Å². The predicted molar refractivity (Wildman–Crippen MR) is 108 cm³/mol. The number of rotatable bonds is 4. The summed E-state index contributed by atoms with van der Waals surface area (Å²) in [5.74, 6) is -0.520. The van der Waals surface area contributed by atoms with Gasteiger partial charge < -0.3 is 24.2 Å². The predicted octanol–water partition coefficient (Wildman–Crippen LogP) is 3.48. The second kappa shape index (κ2) is 6.69. The molecule has 1 saturated carbocycles. The van der Waals surface area contributed by atoms with Crippen LogP contribution in [-0.2, 0) is 24.4 Å². The summed E-state index contributed by atoms with van der Waals surface area (Å²) in [6.45, 7) is 5.39. The number of ether oxygens (including phenoxy) is 3. The average Bonchev–Trinajstić information content (AvgIpc) is 3.14. The minimum Gasteiger partial charge on any atom is -0.462 e. The Balaban J connectivity index is 1.77. The Hall–Kier alpha value is -1.15. The molecule has 2 aliphatic heterocycles. The van der Waals surface area contributed by atoms with Crippen LogP contribution in [0, 0.1) is 0 Å². The molecule has 1 unspecified atom stereocenters. The Morgan fingerprint density at radius 1 is 1.25 bits per heavy atom. The molecular formula is C21H28BrNO5. The Labute approximate surface area is 174 Å². The Bertz CT molecular complexity index is 766. The van der Waals surface area contributed by atoms with Crippen molar-refractivity contribution in [1.82, 2.24) is 0 Å². The van der Waals surface area contributed by atoms with Crippen LogP contribution in [0.1, 0.15) is 51.5 Å². The smallest absolute Gasteiger partial charge is 0.293 e. The van der Waals surface area contributed by atoms with Gasteiger partial charge in [0, 0.05) is 41.9 Å². The summed E-state index contributed by atoms with van der Waals surface area (Å²) in [5.41, 5.74) is -0.348. The van der Waals surface area contributed by atoms with E-state index in [0.29, 0.717) is 26.1 Å². The van der Waals surface area contributed by atoms with Gasteiger partial charge in [-0.3, -0.25) is 4.79 Å². The lowest BCUT2D eigenvalue weighted by Gasteiger charge is -2.52. The fourth-order valence-corrected chi connectivity index (χ4v) is 5.85. The monoisotopic (exact) mass is 453 g/mol. The quantitative estimate of drug-likeness (QED) is 0.703. The van der Waals surface area contributed by atoms with E-state index in [-0.39, 0.29) is 0 Å². The molecule has 1 aliphatic carbocycles. The highest BCUT2D eigenvalue weighted by Gasteiger charge is 2.64. The molecule has 2 spiro atoms. The van der Waals surface area contributed by atoms with Crippen molar-refractivity contribution in [3.8, 4) is 0 Å². The lowest BCUT2D eigenvalue weighted by molar-refractivity contribution is -0.202. The highest BCUT2D eigenvalue weighted by Crippen LogP contribution is 2.61. The molecule has 6 nitrogen and oxygen atoms in total. The second-order valence-electron chi connectivity index (χ2n) is 8.88. The van der Waals surface area contributed by atoms with Gasteiger partial charge >= 0.3 is 0 Å². The van der Waals surface area contributed by atoms with Gasteiger partial charge in [-0.1, -0.05) is 15.9 Å². The maximum atomic E-state index is 12.2. The van der Waals surface area contributed by atoms with Crippen molar-refractivity contribution in [2.45, 2.75) is 68.5 Å². The van der Waals surface area contributed by atoms with Gasteiger partial charge in [-0.15, -0.1) is 0 Å². The number of halogens is 1. The summed E-state index contributed by atoms with van der Waals surface area (Å²) in [4.78, 5) is 13.0. The van der Waals surface area contributed by atoms with Crippen LogP contribution in [0.3, 0.4) is 0 Å². The zero-order valence-corrected chi connectivity index (χ0v) is 18.3. The Morgan fingerprint density at radius 3 is 2.50 bits per heavy atom. The lowest BCUT2D eigenvalue weighted by atomic mass is 9.61. The number of hydrogen-bond donors (Lipinski definition) is 1. The molecule has 7 heteroatoms. The molecule has 0 bridgehead atoms. The number of carbonyl (C=O) groups excluding carboxylic acids is 1. The molecule has 0 radical (unpaired) electrons. The topological polar surface area (TPSA) is 68.2 Å². The summed E-state index contributed by atoms with van der Waals surface area (Å²) in [5, 5.41) is 12.2. The fraction of sp³-hybridized carbons (Fsp3) is 0.667. The Morgan fingerprint density at radius 2 is 1.89 bits per heavy atom. The molecule has 1 aromatic carbocycles. The number of hydrogen-bond acceptors (Lipinski definition) is 6. The molecular weight excluding hydrogens is 426 g/mol. The first-order chi connectivity index (χ1) is 13.2. The van der Waals surface area contributed by atoms with E-state index in [4.69, 9.17) is 14.2 Å². The van der Waals surface area contributed by atoms with Crippen LogP contribution in [0.4, 0.5) is 5.69 Å². The first-order valence-corrected chi connectivity index (χ1v) is 10.6. The molecule has 1 N–H and O–H groups in total. The SMILES string of the molecule is CN1c2ccc(Br)cc2C2(CCC3(CC2)OCCO3)C1(O)CC(C)(C)OC=O. The van der Waals surface area contributed by atoms with Gasteiger partial charge in [-0.25, -0.2) is 0 Å². The highest BCUT2D eigenvalue weighted by atomic mass is 79.9. The van der Waals surface area contributed by atoms with E-state index in [9.17, 15) is 9.90 Å². The maximum Gasteiger partial charge on any atom is 0.293 e. The van der Waals surface area contributed by atoms with Crippen LogP contribution >= 0.6 is 15.9 Å². The number of nitrogens with zero attached hydrogens (tertiary/aromatic N) is 1. The third-order valence-electron chi connectivity index (χ3n) is 6.88. The van der Waals surface area contributed by atoms with Gasteiger partial charge in [0.05, 0.1) is 13.2 Å². The van der Waals surface area contributed by atoms with E-state index in [1.807, 2.05) is 37.9 Å². The fourth-order valence-electron chi connectivity index (χ4n) is 5.49. The summed E-state index contributed by atoms with van der Waals surface area (Å²) in [7, 11) is 1.92. The van der Waals surface area contributed by atoms with E-state index < -0.39 is 22.5 Å². The zero-order valence-electron chi connectivity index (χ0n) is 16.7. The minimum absolute atomic E-state index is 0.302. The van der Waals surface area contributed by atoms with E-state index in [1.165, 1.54) is 0 Å². The summed E-state index contributed by atoms with van der Waals surface area (Å²) >= 11 is 3.60. The largest absolute Gasteiger partial charge is 0.462 e. The van der Waals surface area contributed by atoms with Crippen LogP contribution in [0.5, 0.6) is 0 Å². The van der Waals surface area contributed by atoms with Crippen molar-refractivity contribution < 1.29 is 24.1 Å². The molecule has 154 valence electrons. The third kappa shape index (κ3) is 2.90. The average molecular weight is 454 g/mol. The number of benzene rings is 1. The normalized spacial score (nSPS) is 28.0. The maximum absolute atomic E-state index is 12.2. The van der Waals surface area contributed by atoms with Gasteiger partial charge in [-0.2, -0.15) is 0 Å². The van der Waals surface area contributed by atoms with Crippen molar-refractivity contribution >= 4 is 28.1 Å². The minimum atomic E-state index is -1.19. The van der Waals surface area contributed by atoms with Crippen LogP contribution in [0.2, 0.25) is 0 Å². The summed E-state index contributed by atoms with van der Waals surface area (Å²) < 4.78 is 18.2. The first kappa shape index (κ1) is 20.1. The molecule has 28 heavy (non-hydrogen) atoms. The van der Waals surface area contributed by atoms with E-state index in [0.717, 1.165) is 41.4 Å². The van der Waals surface area contributed by atoms with Crippen molar-refractivity contribution in [1.29, 1.82) is 0 Å². The number of anilines is 1. The van der Waals surface area contributed by atoms with Crippen molar-refractivity contribution in [2.75, 3.05) is 25.2 Å². The standard InChI is InChI=1S/C21H28BrNO5/c1-18(2,28-14-24)13-21(25)19(6-8-20(9-7-19)26-10-11-27-20)16-12-15(22)4-5-17(16)23(21)3/h4-5,12,14,25H,6-11,13H2,1-3H3. The molecule has 2 fully saturated rings. The van der Waals surface area contributed by atoms with Crippen molar-refractivity contribution in [2.24, 2.45) is 0 Å². The van der Waals surface area contributed by atoms with Gasteiger partial charge in [0.15, 0.2) is 11.5 Å². The van der Waals surface area contributed by atoms with Gasteiger partial charge in [0.25, 0.3) is 6.47 Å². The van der Waals surface area contributed by atoms with E-state index in [1.54, 1.807) is 0 Å². The number of aliphatic hydroxyl groups is 1. The summed E-state index contributed by atoms with van der Waals surface area (Å²) in [6.07, 6.45) is 3.22. The molecule has 0 amide bonds. The third-order valence-corrected chi connectivity index (χ3v) is 7.37. The van der Waals surface area contributed by atoms with Gasteiger partial charge in [-0.05, 0) is 50.5 Å².